The van der Waals surface area contributed by atoms with Gasteiger partial charge in [-0.1, -0.05) is 54.6 Å². The van der Waals surface area contributed by atoms with Crippen LogP contribution in [0.5, 0.6) is 0 Å². The number of benzene rings is 2. The Morgan fingerprint density at radius 2 is 1.74 bits per heavy atom. The van der Waals surface area contributed by atoms with Crippen LogP contribution >= 0.6 is 0 Å². The summed E-state index contributed by atoms with van der Waals surface area (Å²) < 4.78 is 0. The molecule has 1 fully saturated rings. The smallest absolute Gasteiger partial charge is 0.0476 e. The van der Waals surface area contributed by atoms with Crippen molar-refractivity contribution in [3.8, 4) is 11.1 Å². The van der Waals surface area contributed by atoms with Gasteiger partial charge in [0.15, 0.2) is 0 Å². The Morgan fingerprint density at radius 1 is 1.00 bits per heavy atom. The van der Waals surface area contributed by atoms with Crippen LogP contribution in [-0.2, 0) is 0 Å². The lowest BCUT2D eigenvalue weighted by atomic mass is 9.93. The highest BCUT2D eigenvalue weighted by atomic mass is 15.2. The van der Waals surface area contributed by atoms with Gasteiger partial charge in [0, 0.05) is 25.7 Å². The van der Waals surface area contributed by atoms with Crippen molar-refractivity contribution in [2.45, 2.75) is 6.04 Å². The number of nitrogens with one attached hydrogen (secondary N) is 1. The molecule has 1 unspecified atom stereocenters. The molecule has 2 heteroatoms. The first kappa shape index (κ1) is 12.4. The molecular weight excluding hydrogens is 232 g/mol. The van der Waals surface area contributed by atoms with E-state index in [1.165, 1.54) is 16.7 Å². The van der Waals surface area contributed by atoms with Crippen molar-refractivity contribution in [2.75, 3.05) is 26.7 Å². The SMILES string of the molecule is CN1CCNCC1c1ccccc1-c1ccccc1. The molecule has 1 N–H and O–H groups in total. The Hall–Kier alpha value is -1.64. The molecule has 1 heterocycles. The first-order valence-corrected chi connectivity index (χ1v) is 6.91. The van der Waals surface area contributed by atoms with Crippen LogP contribution in [0.1, 0.15) is 11.6 Å². The number of hydrogen-bond donors (Lipinski definition) is 1. The lowest BCUT2D eigenvalue weighted by molar-refractivity contribution is 0.203. The molecular formula is C17H20N2. The van der Waals surface area contributed by atoms with Crippen LogP contribution in [0.2, 0.25) is 0 Å². The third-order valence-corrected chi connectivity index (χ3v) is 3.92. The second-order valence-electron chi connectivity index (χ2n) is 5.15. The van der Waals surface area contributed by atoms with Gasteiger partial charge in [-0.3, -0.25) is 4.90 Å². The van der Waals surface area contributed by atoms with Gasteiger partial charge in [-0.2, -0.15) is 0 Å². The molecule has 0 spiro atoms. The maximum atomic E-state index is 3.50. The predicted octanol–water partition coefficient (Wildman–Crippen LogP) is 2.93. The summed E-state index contributed by atoms with van der Waals surface area (Å²) in [4.78, 5) is 2.44. The summed E-state index contributed by atoms with van der Waals surface area (Å²) >= 11 is 0. The second-order valence-corrected chi connectivity index (χ2v) is 5.15. The van der Waals surface area contributed by atoms with Gasteiger partial charge < -0.3 is 5.32 Å². The molecule has 0 amide bonds. The monoisotopic (exact) mass is 252 g/mol. The van der Waals surface area contributed by atoms with Crippen molar-refractivity contribution in [1.29, 1.82) is 0 Å². The van der Waals surface area contributed by atoms with E-state index >= 15 is 0 Å². The summed E-state index contributed by atoms with van der Waals surface area (Å²) in [5.74, 6) is 0. The lowest BCUT2D eigenvalue weighted by Gasteiger charge is -2.34. The van der Waals surface area contributed by atoms with E-state index in [-0.39, 0.29) is 0 Å². The molecule has 3 rings (SSSR count). The molecule has 2 nitrogen and oxygen atoms in total. The zero-order valence-corrected chi connectivity index (χ0v) is 11.3. The topological polar surface area (TPSA) is 15.3 Å². The quantitative estimate of drug-likeness (QED) is 0.884. The highest BCUT2D eigenvalue weighted by molar-refractivity contribution is 5.68. The van der Waals surface area contributed by atoms with Gasteiger partial charge >= 0.3 is 0 Å². The van der Waals surface area contributed by atoms with Gasteiger partial charge in [0.1, 0.15) is 0 Å². The molecule has 0 aliphatic carbocycles. The molecule has 2 aromatic carbocycles. The van der Waals surface area contributed by atoms with E-state index < -0.39 is 0 Å². The van der Waals surface area contributed by atoms with E-state index in [1.807, 2.05) is 0 Å². The fourth-order valence-electron chi connectivity index (χ4n) is 2.82. The molecule has 1 atom stereocenters. The number of hydrogen-bond acceptors (Lipinski definition) is 2. The van der Waals surface area contributed by atoms with Crippen molar-refractivity contribution in [3.05, 3.63) is 60.2 Å². The average molecular weight is 252 g/mol. The summed E-state index contributed by atoms with van der Waals surface area (Å²) in [5, 5.41) is 3.50. The molecule has 2 aromatic rings. The van der Waals surface area contributed by atoms with Gasteiger partial charge in [0.25, 0.3) is 0 Å². The van der Waals surface area contributed by atoms with Gasteiger partial charge in [-0.25, -0.2) is 0 Å². The molecule has 19 heavy (non-hydrogen) atoms. The van der Waals surface area contributed by atoms with Crippen molar-refractivity contribution in [1.82, 2.24) is 10.2 Å². The van der Waals surface area contributed by atoms with Crippen LogP contribution in [0.15, 0.2) is 54.6 Å². The summed E-state index contributed by atoms with van der Waals surface area (Å²) in [6.07, 6.45) is 0. The average Bonchev–Trinajstić information content (AvgIpc) is 2.49. The minimum atomic E-state index is 0.463. The van der Waals surface area contributed by atoms with Crippen LogP contribution in [0.3, 0.4) is 0 Å². The van der Waals surface area contributed by atoms with E-state index in [0.717, 1.165) is 19.6 Å². The minimum absolute atomic E-state index is 0.463. The molecule has 1 saturated heterocycles. The summed E-state index contributed by atoms with van der Waals surface area (Å²) in [6, 6.07) is 19.9. The van der Waals surface area contributed by atoms with Gasteiger partial charge in [0.2, 0.25) is 0 Å². The Kier molecular flexibility index (Phi) is 3.62. The molecule has 1 aliphatic heterocycles. The maximum absolute atomic E-state index is 3.50. The predicted molar refractivity (Wildman–Crippen MR) is 80.1 cm³/mol. The standard InChI is InChI=1S/C17H20N2/c1-19-12-11-18-13-17(19)16-10-6-5-9-15(16)14-7-3-2-4-8-14/h2-10,17-18H,11-13H2,1H3. The first-order chi connectivity index (χ1) is 9.36. The molecule has 1 aliphatic rings. The molecule has 98 valence electrons. The van der Waals surface area contributed by atoms with E-state index in [2.05, 4.69) is 71.9 Å². The van der Waals surface area contributed by atoms with Gasteiger partial charge in [0.05, 0.1) is 0 Å². The highest BCUT2D eigenvalue weighted by Crippen LogP contribution is 2.31. The number of piperazine rings is 1. The van der Waals surface area contributed by atoms with Gasteiger partial charge in [-0.05, 0) is 23.7 Å². The molecule has 0 radical (unpaired) electrons. The zero-order chi connectivity index (χ0) is 13.1. The Bertz CT molecular complexity index is 536. The van der Waals surface area contributed by atoms with E-state index in [4.69, 9.17) is 0 Å². The normalized spacial score (nSPS) is 20.4. The largest absolute Gasteiger partial charge is 0.314 e. The zero-order valence-electron chi connectivity index (χ0n) is 11.3. The molecule has 0 saturated carbocycles. The lowest BCUT2D eigenvalue weighted by Crippen LogP contribution is -2.43. The van der Waals surface area contributed by atoms with Crippen LogP contribution in [0, 0.1) is 0 Å². The summed E-state index contributed by atoms with van der Waals surface area (Å²) in [5.41, 5.74) is 4.07. The van der Waals surface area contributed by atoms with Crippen molar-refractivity contribution >= 4 is 0 Å². The van der Waals surface area contributed by atoms with Crippen molar-refractivity contribution in [3.63, 3.8) is 0 Å². The Labute approximate surface area is 115 Å². The van der Waals surface area contributed by atoms with Crippen LogP contribution in [-0.4, -0.2) is 31.6 Å². The van der Waals surface area contributed by atoms with Crippen LogP contribution < -0.4 is 5.32 Å². The highest BCUT2D eigenvalue weighted by Gasteiger charge is 2.22. The molecule has 0 aromatic heterocycles. The molecule has 0 bridgehead atoms. The fraction of sp³-hybridized carbons (Fsp3) is 0.294. The number of nitrogens with zero attached hydrogens (tertiary/aromatic N) is 1. The third kappa shape index (κ3) is 2.55. The Balaban J connectivity index is 2.02. The van der Waals surface area contributed by atoms with Crippen molar-refractivity contribution in [2.24, 2.45) is 0 Å². The van der Waals surface area contributed by atoms with E-state index in [9.17, 15) is 0 Å². The third-order valence-electron chi connectivity index (χ3n) is 3.92. The van der Waals surface area contributed by atoms with Crippen molar-refractivity contribution < 1.29 is 0 Å². The second kappa shape index (κ2) is 5.55. The first-order valence-electron chi connectivity index (χ1n) is 6.91. The Morgan fingerprint density at radius 3 is 2.53 bits per heavy atom. The van der Waals surface area contributed by atoms with E-state index in [0.29, 0.717) is 6.04 Å². The maximum Gasteiger partial charge on any atom is 0.0476 e. The summed E-state index contributed by atoms with van der Waals surface area (Å²) in [6.45, 7) is 3.22. The van der Waals surface area contributed by atoms with Gasteiger partial charge in [-0.15, -0.1) is 0 Å². The number of rotatable bonds is 2. The van der Waals surface area contributed by atoms with E-state index in [1.54, 1.807) is 0 Å². The van der Waals surface area contributed by atoms with Crippen LogP contribution in [0.4, 0.5) is 0 Å². The van der Waals surface area contributed by atoms with Crippen LogP contribution in [0.25, 0.3) is 11.1 Å². The fourth-order valence-corrected chi connectivity index (χ4v) is 2.82. The minimum Gasteiger partial charge on any atom is -0.314 e. The number of likely N-dealkylation sites (N-methyl/N-ethyl adjacent to an activating group) is 1. The summed E-state index contributed by atoms with van der Waals surface area (Å²) in [7, 11) is 2.22.